The first kappa shape index (κ1) is 15.4. The maximum Gasteiger partial charge on any atom is 0.174 e. The van der Waals surface area contributed by atoms with Gasteiger partial charge in [0.2, 0.25) is 0 Å². The third-order valence-electron chi connectivity index (χ3n) is 1.80. The van der Waals surface area contributed by atoms with Crippen LogP contribution in [0.25, 0.3) is 0 Å². The van der Waals surface area contributed by atoms with E-state index in [2.05, 4.69) is 0 Å². The normalized spacial score (nSPS) is 11.9. The van der Waals surface area contributed by atoms with E-state index in [0.29, 0.717) is 31.2 Å². The topological polar surface area (TPSA) is 52.6 Å². The van der Waals surface area contributed by atoms with E-state index in [1.807, 2.05) is 13.8 Å². The van der Waals surface area contributed by atoms with Crippen molar-refractivity contribution >= 4 is 20.4 Å². The molecule has 0 atom stereocenters. The minimum atomic E-state index is -0.944. The standard InChI is InChI=1S/C11H19O4P/c1-4-14-16(15-5-2)9-7-10(3)11(13)6-8-12/h7-8H,4-6,9H2,1-3H3. The van der Waals surface area contributed by atoms with Gasteiger partial charge in [-0.3, -0.25) is 4.79 Å². The Bertz CT molecular complexity index is 244. The lowest BCUT2D eigenvalue weighted by Gasteiger charge is -2.13. The number of rotatable bonds is 9. The number of allylic oxidation sites excluding steroid dienone is 2. The summed E-state index contributed by atoms with van der Waals surface area (Å²) >= 11 is 0. The van der Waals surface area contributed by atoms with Gasteiger partial charge in [-0.05, 0) is 26.3 Å². The molecule has 0 unspecified atom stereocenters. The summed E-state index contributed by atoms with van der Waals surface area (Å²) in [5.74, 6) is -0.141. The highest BCUT2D eigenvalue weighted by Crippen LogP contribution is 2.38. The Morgan fingerprint density at radius 3 is 2.25 bits per heavy atom. The molecule has 0 rings (SSSR count). The lowest BCUT2D eigenvalue weighted by atomic mass is 10.1. The van der Waals surface area contributed by atoms with E-state index in [0.717, 1.165) is 0 Å². The van der Waals surface area contributed by atoms with Gasteiger partial charge in [0.15, 0.2) is 14.2 Å². The lowest BCUT2D eigenvalue weighted by molar-refractivity contribution is -0.119. The van der Waals surface area contributed by atoms with Gasteiger partial charge in [-0.1, -0.05) is 6.08 Å². The number of Topliss-reactive ketones (excluding diaryl/α,β-unsaturated/α-hetero) is 1. The van der Waals surface area contributed by atoms with Crippen LogP contribution in [0.3, 0.4) is 0 Å². The molecule has 0 aliphatic rings. The van der Waals surface area contributed by atoms with Crippen LogP contribution in [-0.2, 0) is 18.6 Å². The molecule has 5 heteroatoms. The molecular formula is C11H19O4P. The van der Waals surface area contributed by atoms with Crippen LogP contribution in [-0.4, -0.2) is 31.4 Å². The van der Waals surface area contributed by atoms with E-state index in [-0.39, 0.29) is 12.2 Å². The van der Waals surface area contributed by atoms with Gasteiger partial charge in [-0.25, -0.2) is 0 Å². The van der Waals surface area contributed by atoms with Crippen molar-refractivity contribution in [1.82, 2.24) is 0 Å². The predicted octanol–water partition coefficient (Wildman–Crippen LogP) is 2.48. The highest BCUT2D eigenvalue weighted by atomic mass is 31.2. The van der Waals surface area contributed by atoms with Crippen LogP contribution < -0.4 is 0 Å². The third-order valence-corrected chi connectivity index (χ3v) is 3.37. The van der Waals surface area contributed by atoms with Crippen molar-refractivity contribution in [1.29, 1.82) is 0 Å². The Kier molecular flexibility index (Phi) is 9.30. The fraction of sp³-hybridized carbons (Fsp3) is 0.636. The zero-order valence-corrected chi connectivity index (χ0v) is 11.0. The summed E-state index contributed by atoms with van der Waals surface area (Å²) in [4.78, 5) is 21.5. The van der Waals surface area contributed by atoms with Crippen LogP contribution in [0.5, 0.6) is 0 Å². The number of carbonyl (C=O) groups excluding carboxylic acids is 2. The van der Waals surface area contributed by atoms with E-state index in [1.165, 1.54) is 0 Å². The van der Waals surface area contributed by atoms with Crippen LogP contribution in [0.4, 0.5) is 0 Å². The van der Waals surface area contributed by atoms with Crippen molar-refractivity contribution in [2.45, 2.75) is 27.2 Å². The van der Waals surface area contributed by atoms with Crippen molar-refractivity contribution in [2.24, 2.45) is 0 Å². The molecule has 0 heterocycles. The second-order valence-corrected chi connectivity index (χ2v) is 4.58. The first-order chi connectivity index (χ1) is 7.65. The highest BCUT2D eigenvalue weighted by molar-refractivity contribution is 7.47. The van der Waals surface area contributed by atoms with Crippen molar-refractivity contribution in [3.8, 4) is 0 Å². The Morgan fingerprint density at radius 2 is 1.81 bits per heavy atom. The first-order valence-electron chi connectivity index (χ1n) is 5.32. The minimum absolute atomic E-state index is 0.0521. The van der Waals surface area contributed by atoms with Gasteiger partial charge < -0.3 is 13.8 Å². The number of ketones is 1. The molecule has 92 valence electrons. The molecule has 0 saturated carbocycles. The average molecular weight is 246 g/mol. The fourth-order valence-corrected chi connectivity index (χ4v) is 2.28. The van der Waals surface area contributed by atoms with Crippen LogP contribution in [0.1, 0.15) is 27.2 Å². The maximum atomic E-state index is 11.3. The van der Waals surface area contributed by atoms with E-state index in [1.54, 1.807) is 13.0 Å². The van der Waals surface area contributed by atoms with Gasteiger partial charge in [-0.2, -0.15) is 0 Å². The Balaban J connectivity index is 4.18. The average Bonchev–Trinajstić information content (AvgIpc) is 2.26. The van der Waals surface area contributed by atoms with Gasteiger partial charge >= 0.3 is 0 Å². The number of hydrogen-bond acceptors (Lipinski definition) is 4. The van der Waals surface area contributed by atoms with Crippen molar-refractivity contribution in [3.63, 3.8) is 0 Å². The molecule has 0 N–H and O–H groups in total. The molecule has 0 aliphatic heterocycles. The van der Waals surface area contributed by atoms with Crippen LogP contribution in [0.15, 0.2) is 11.6 Å². The molecule has 16 heavy (non-hydrogen) atoms. The lowest BCUT2D eigenvalue weighted by Crippen LogP contribution is -2.01. The predicted molar refractivity (Wildman–Crippen MR) is 64.5 cm³/mol. The van der Waals surface area contributed by atoms with Gasteiger partial charge in [-0.15, -0.1) is 0 Å². The fourth-order valence-electron chi connectivity index (χ4n) is 0.993. The SMILES string of the molecule is CCOP(CC=C(C)C(=O)CC=O)OCC. The molecule has 0 radical (unpaired) electrons. The van der Waals surface area contributed by atoms with E-state index in [4.69, 9.17) is 9.05 Å². The Hall–Kier alpha value is -0.570. The van der Waals surface area contributed by atoms with Crippen molar-refractivity contribution in [3.05, 3.63) is 11.6 Å². The quantitative estimate of drug-likeness (QED) is 0.271. The molecule has 0 aromatic carbocycles. The van der Waals surface area contributed by atoms with Gasteiger partial charge in [0.25, 0.3) is 0 Å². The van der Waals surface area contributed by atoms with Gasteiger partial charge in [0, 0.05) is 6.16 Å². The molecule has 0 saturated heterocycles. The summed E-state index contributed by atoms with van der Waals surface area (Å²) in [5.41, 5.74) is 0.596. The van der Waals surface area contributed by atoms with Crippen LogP contribution in [0, 0.1) is 0 Å². The van der Waals surface area contributed by atoms with Gasteiger partial charge in [0.1, 0.15) is 6.29 Å². The molecule has 0 amide bonds. The molecule has 4 nitrogen and oxygen atoms in total. The van der Waals surface area contributed by atoms with Gasteiger partial charge in [0.05, 0.1) is 19.6 Å². The van der Waals surface area contributed by atoms with E-state index < -0.39 is 8.38 Å². The smallest absolute Gasteiger partial charge is 0.174 e. The monoisotopic (exact) mass is 246 g/mol. The summed E-state index contributed by atoms with van der Waals surface area (Å²) in [6.07, 6.45) is 2.94. The van der Waals surface area contributed by atoms with Crippen molar-refractivity contribution < 1.29 is 18.6 Å². The number of hydrogen-bond donors (Lipinski definition) is 0. The second-order valence-electron chi connectivity index (χ2n) is 3.03. The third kappa shape index (κ3) is 6.83. The highest BCUT2D eigenvalue weighted by Gasteiger charge is 2.09. The second kappa shape index (κ2) is 9.64. The summed E-state index contributed by atoms with van der Waals surface area (Å²) in [5, 5.41) is 0. The Labute approximate surface area is 97.9 Å². The van der Waals surface area contributed by atoms with E-state index >= 15 is 0 Å². The Morgan fingerprint density at radius 1 is 1.25 bits per heavy atom. The molecule has 0 aromatic rings. The minimum Gasteiger partial charge on any atom is -0.334 e. The number of carbonyl (C=O) groups is 2. The zero-order chi connectivity index (χ0) is 12.4. The molecule has 0 spiro atoms. The van der Waals surface area contributed by atoms with Crippen LogP contribution in [0.2, 0.25) is 0 Å². The largest absolute Gasteiger partial charge is 0.334 e. The molecule has 0 aromatic heterocycles. The first-order valence-corrected chi connectivity index (χ1v) is 6.68. The summed E-state index contributed by atoms with van der Waals surface area (Å²) in [7, 11) is -0.944. The maximum absolute atomic E-state index is 11.3. The molecule has 0 aliphatic carbocycles. The molecule has 0 fully saturated rings. The number of aldehydes is 1. The zero-order valence-electron chi connectivity index (χ0n) is 10.1. The summed E-state index contributed by atoms with van der Waals surface area (Å²) < 4.78 is 10.8. The molecule has 0 bridgehead atoms. The molecular weight excluding hydrogens is 227 g/mol. The van der Waals surface area contributed by atoms with E-state index in [9.17, 15) is 9.59 Å². The summed E-state index contributed by atoms with van der Waals surface area (Å²) in [6, 6.07) is 0. The summed E-state index contributed by atoms with van der Waals surface area (Å²) in [6.45, 7) is 6.71. The van der Waals surface area contributed by atoms with Crippen LogP contribution >= 0.6 is 8.38 Å². The van der Waals surface area contributed by atoms with Crippen molar-refractivity contribution in [2.75, 3.05) is 19.4 Å².